The van der Waals surface area contributed by atoms with Crippen LogP contribution in [0.3, 0.4) is 0 Å². The van der Waals surface area contributed by atoms with Crippen molar-refractivity contribution in [2.24, 2.45) is 5.73 Å². The van der Waals surface area contributed by atoms with Gasteiger partial charge in [0.1, 0.15) is 11.5 Å². The maximum Gasteiger partial charge on any atom is 0.248 e. The van der Waals surface area contributed by atoms with Gasteiger partial charge in [-0.3, -0.25) is 14.8 Å². The van der Waals surface area contributed by atoms with E-state index in [9.17, 15) is 13.6 Å². The number of ether oxygens (including phenoxy) is 1. The number of benzene rings is 2. The molecule has 0 aliphatic carbocycles. The number of primary amides is 1. The molecule has 0 bridgehead atoms. The van der Waals surface area contributed by atoms with Crippen LogP contribution in [-0.4, -0.2) is 15.9 Å². The number of fused-ring (bicyclic) bond motifs is 1. The molecule has 0 atom stereocenters. The number of carbonyl (C=O) groups excluding carboxylic acids is 1. The molecule has 0 aliphatic heterocycles. The van der Waals surface area contributed by atoms with Gasteiger partial charge in [-0.25, -0.2) is 8.78 Å². The van der Waals surface area contributed by atoms with E-state index < -0.39 is 17.5 Å². The Hall–Kier alpha value is -3.87. The van der Waals surface area contributed by atoms with E-state index in [-0.39, 0.29) is 0 Å². The number of aryl methyl sites for hydroxylation is 1. The predicted molar refractivity (Wildman–Crippen MR) is 109 cm³/mol. The summed E-state index contributed by atoms with van der Waals surface area (Å²) in [4.78, 5) is 20.0. The van der Waals surface area contributed by atoms with Crippen LogP contribution in [0.4, 0.5) is 8.78 Å². The molecule has 4 aromatic rings. The molecule has 5 nitrogen and oxygen atoms in total. The molecular weight excluding hydrogens is 388 g/mol. The summed E-state index contributed by atoms with van der Waals surface area (Å²) in [6, 6.07) is 12.5. The van der Waals surface area contributed by atoms with E-state index in [1.807, 2.05) is 13.0 Å². The molecule has 0 unspecified atom stereocenters. The van der Waals surface area contributed by atoms with E-state index in [1.165, 1.54) is 6.20 Å². The topological polar surface area (TPSA) is 78.1 Å². The molecule has 2 aromatic heterocycles. The second-order valence-corrected chi connectivity index (χ2v) is 6.70. The third kappa shape index (κ3) is 3.82. The van der Waals surface area contributed by atoms with Crippen LogP contribution in [0.1, 0.15) is 22.8 Å². The Labute approximate surface area is 171 Å². The lowest BCUT2D eigenvalue weighted by Gasteiger charge is -2.10. The highest BCUT2D eigenvalue weighted by Crippen LogP contribution is 2.29. The molecular formula is C23H17F2N3O2. The Balaban J connectivity index is 1.65. The van der Waals surface area contributed by atoms with Crippen LogP contribution >= 0.6 is 0 Å². The number of halogens is 2. The number of nitrogens with two attached hydrogens (primary N) is 1. The molecule has 0 saturated heterocycles. The number of nitrogens with zero attached hydrogens (tertiary/aromatic N) is 2. The first-order valence-electron chi connectivity index (χ1n) is 9.26. The van der Waals surface area contributed by atoms with Gasteiger partial charge in [0, 0.05) is 34.8 Å². The Kier molecular flexibility index (Phi) is 5.10. The molecule has 1 amide bonds. The molecule has 150 valence electrons. The van der Waals surface area contributed by atoms with Crippen molar-refractivity contribution >= 4 is 16.8 Å². The fourth-order valence-electron chi connectivity index (χ4n) is 3.21. The van der Waals surface area contributed by atoms with Gasteiger partial charge in [0.2, 0.25) is 5.91 Å². The van der Waals surface area contributed by atoms with Crippen molar-refractivity contribution in [3.8, 4) is 22.8 Å². The first-order chi connectivity index (χ1) is 14.4. The zero-order valence-corrected chi connectivity index (χ0v) is 16.0. The smallest absolute Gasteiger partial charge is 0.248 e. The lowest BCUT2D eigenvalue weighted by molar-refractivity contribution is 0.0999. The van der Waals surface area contributed by atoms with Crippen LogP contribution in [0, 0.1) is 11.6 Å². The summed E-state index contributed by atoms with van der Waals surface area (Å²) >= 11 is 0. The molecule has 0 saturated carbocycles. The number of hydrogen-bond acceptors (Lipinski definition) is 4. The van der Waals surface area contributed by atoms with Crippen LogP contribution < -0.4 is 10.5 Å². The van der Waals surface area contributed by atoms with Crippen LogP contribution in [0.5, 0.6) is 11.5 Å². The van der Waals surface area contributed by atoms with Crippen LogP contribution in [-0.2, 0) is 6.42 Å². The van der Waals surface area contributed by atoms with Crippen LogP contribution in [0.25, 0.3) is 22.2 Å². The largest absolute Gasteiger partial charge is 0.456 e. The molecule has 0 fully saturated rings. The van der Waals surface area contributed by atoms with Gasteiger partial charge in [0.15, 0.2) is 11.6 Å². The number of pyridine rings is 2. The van der Waals surface area contributed by atoms with Gasteiger partial charge in [0.25, 0.3) is 0 Å². The van der Waals surface area contributed by atoms with Crippen LogP contribution in [0.15, 0.2) is 60.9 Å². The second kappa shape index (κ2) is 7.87. The molecule has 2 heterocycles. The van der Waals surface area contributed by atoms with Gasteiger partial charge < -0.3 is 10.5 Å². The average molecular weight is 405 g/mol. The molecule has 0 aliphatic rings. The highest BCUT2D eigenvalue weighted by Gasteiger charge is 2.11. The average Bonchev–Trinajstić information content (AvgIpc) is 2.74. The lowest BCUT2D eigenvalue weighted by atomic mass is 9.99. The molecule has 0 radical (unpaired) electrons. The Morgan fingerprint density at radius 1 is 1.00 bits per heavy atom. The van der Waals surface area contributed by atoms with E-state index in [2.05, 4.69) is 9.97 Å². The molecule has 4 rings (SSSR count). The Bertz CT molecular complexity index is 1270. The third-order valence-corrected chi connectivity index (χ3v) is 4.71. The first kappa shape index (κ1) is 19.4. The first-order valence-corrected chi connectivity index (χ1v) is 9.26. The minimum atomic E-state index is -0.948. The fourth-order valence-corrected chi connectivity index (χ4v) is 3.21. The van der Waals surface area contributed by atoms with E-state index in [1.54, 1.807) is 36.5 Å². The summed E-state index contributed by atoms with van der Waals surface area (Å²) in [5, 5.41) is 0.426. The van der Waals surface area contributed by atoms with Crippen molar-refractivity contribution in [2.75, 3.05) is 0 Å². The lowest BCUT2D eigenvalue weighted by Crippen LogP contribution is -2.13. The van der Waals surface area contributed by atoms with Crippen molar-refractivity contribution in [3.05, 3.63) is 83.7 Å². The summed E-state index contributed by atoms with van der Waals surface area (Å²) in [6.07, 6.45) is 3.70. The Morgan fingerprint density at radius 2 is 1.80 bits per heavy atom. The number of aromatic nitrogens is 2. The zero-order chi connectivity index (χ0) is 21.3. The molecule has 2 aromatic carbocycles. The minimum absolute atomic E-state index is 0.332. The molecule has 2 N–H and O–H groups in total. The minimum Gasteiger partial charge on any atom is -0.456 e. The normalized spacial score (nSPS) is 10.9. The standard InChI is InChI=1S/C23H17F2N3O2/c1-2-13-7-14(3-4-18(13)23(26)29)21-10-16(5-6-27-21)30-17-8-15-9-19(24)20(25)11-22(15)28-12-17/h3-12H,2H2,1H3,(H2,26,29). The van der Waals surface area contributed by atoms with E-state index >= 15 is 0 Å². The van der Waals surface area contributed by atoms with Crippen molar-refractivity contribution in [1.29, 1.82) is 0 Å². The second-order valence-electron chi connectivity index (χ2n) is 6.70. The number of hydrogen-bond donors (Lipinski definition) is 1. The van der Waals surface area contributed by atoms with Gasteiger partial charge in [-0.15, -0.1) is 0 Å². The van der Waals surface area contributed by atoms with Gasteiger partial charge >= 0.3 is 0 Å². The van der Waals surface area contributed by atoms with E-state index in [4.69, 9.17) is 10.5 Å². The summed E-state index contributed by atoms with van der Waals surface area (Å²) in [5.74, 6) is -1.48. The van der Waals surface area contributed by atoms with Gasteiger partial charge in [0.05, 0.1) is 17.4 Å². The summed E-state index contributed by atoms with van der Waals surface area (Å²) < 4.78 is 32.7. The summed E-state index contributed by atoms with van der Waals surface area (Å²) in [7, 11) is 0. The highest BCUT2D eigenvalue weighted by atomic mass is 19.2. The summed E-state index contributed by atoms with van der Waals surface area (Å²) in [6.45, 7) is 1.94. The quantitative estimate of drug-likeness (QED) is 0.505. The Morgan fingerprint density at radius 3 is 2.57 bits per heavy atom. The van der Waals surface area contributed by atoms with Gasteiger partial charge in [-0.1, -0.05) is 13.0 Å². The number of carbonyl (C=O) groups is 1. The van der Waals surface area contributed by atoms with Gasteiger partial charge in [-0.05, 0) is 42.3 Å². The van der Waals surface area contributed by atoms with Crippen molar-refractivity contribution in [1.82, 2.24) is 9.97 Å². The van der Waals surface area contributed by atoms with Crippen LogP contribution in [0.2, 0.25) is 0 Å². The van der Waals surface area contributed by atoms with Crippen molar-refractivity contribution in [3.63, 3.8) is 0 Å². The molecule has 30 heavy (non-hydrogen) atoms. The molecule has 7 heteroatoms. The van der Waals surface area contributed by atoms with E-state index in [0.717, 1.165) is 23.3 Å². The SMILES string of the molecule is CCc1cc(-c2cc(Oc3cnc4cc(F)c(F)cc4c3)ccn2)ccc1C(N)=O. The van der Waals surface area contributed by atoms with Crippen molar-refractivity contribution in [2.45, 2.75) is 13.3 Å². The third-order valence-electron chi connectivity index (χ3n) is 4.71. The maximum absolute atomic E-state index is 13.5. The van der Waals surface area contributed by atoms with Gasteiger partial charge in [-0.2, -0.15) is 0 Å². The van der Waals surface area contributed by atoms with E-state index in [0.29, 0.717) is 40.1 Å². The predicted octanol–water partition coefficient (Wildman–Crippen LogP) is 5.03. The van der Waals surface area contributed by atoms with Crippen molar-refractivity contribution < 1.29 is 18.3 Å². The highest BCUT2D eigenvalue weighted by molar-refractivity contribution is 5.95. The number of amides is 1. The fraction of sp³-hybridized carbons (Fsp3) is 0.0870. The summed E-state index contributed by atoms with van der Waals surface area (Å²) in [5.41, 5.74) is 8.54. The molecule has 0 spiro atoms. The number of rotatable bonds is 5. The monoisotopic (exact) mass is 405 g/mol. The maximum atomic E-state index is 13.5. The zero-order valence-electron chi connectivity index (χ0n) is 16.0.